The van der Waals surface area contributed by atoms with Crippen LogP contribution in [0.25, 0.3) is 0 Å². The van der Waals surface area contributed by atoms with Gasteiger partial charge in [-0.05, 0) is 36.8 Å². The van der Waals surface area contributed by atoms with Gasteiger partial charge in [0.05, 0.1) is 4.92 Å². The maximum absolute atomic E-state index is 12.2. The molecule has 0 saturated carbocycles. The molecule has 0 bridgehead atoms. The molecule has 1 heterocycles. The number of hydrazine groups is 1. The second kappa shape index (κ2) is 9.75. The summed E-state index contributed by atoms with van der Waals surface area (Å²) in [5, 5.41) is 12.3. The van der Waals surface area contributed by atoms with Gasteiger partial charge in [0.15, 0.2) is 5.16 Å². The van der Waals surface area contributed by atoms with Gasteiger partial charge in [0.2, 0.25) is 0 Å². The molecule has 0 unspecified atom stereocenters. The second-order valence-corrected chi connectivity index (χ2v) is 7.81. The standard InChI is InChI=1S/C19H15Cl2N5O3S/c1-11-9-17(24-25-18(27)12-5-7-13(8-6-12)26(28)29)23-19(22-11)30-10-14-15(20)3-2-4-16(14)21/h2-9H,10H2,1H3,(H,25,27)(H,22,23,24). The lowest BCUT2D eigenvalue weighted by Gasteiger charge is -2.10. The third-order valence-corrected chi connectivity index (χ3v) is 5.47. The number of benzene rings is 2. The topological polar surface area (TPSA) is 110 Å². The Bertz CT molecular complexity index is 1080. The molecular weight excluding hydrogens is 449 g/mol. The van der Waals surface area contributed by atoms with Crippen molar-refractivity contribution < 1.29 is 9.72 Å². The monoisotopic (exact) mass is 463 g/mol. The highest BCUT2D eigenvalue weighted by Crippen LogP contribution is 2.30. The van der Waals surface area contributed by atoms with Gasteiger partial charge in [0, 0.05) is 45.3 Å². The van der Waals surface area contributed by atoms with Crippen molar-refractivity contribution in [1.82, 2.24) is 15.4 Å². The van der Waals surface area contributed by atoms with E-state index in [1.54, 1.807) is 31.2 Å². The van der Waals surface area contributed by atoms with Crippen LogP contribution in [0.3, 0.4) is 0 Å². The largest absolute Gasteiger partial charge is 0.281 e. The molecule has 2 N–H and O–H groups in total. The number of aryl methyl sites for hydroxylation is 1. The van der Waals surface area contributed by atoms with Crippen molar-refractivity contribution in [3.63, 3.8) is 0 Å². The van der Waals surface area contributed by atoms with E-state index in [0.717, 1.165) is 5.56 Å². The molecule has 0 aliphatic rings. The molecule has 3 rings (SSSR count). The number of carbonyl (C=O) groups excluding carboxylic acids is 1. The molecule has 1 amide bonds. The number of hydrogen-bond acceptors (Lipinski definition) is 7. The summed E-state index contributed by atoms with van der Waals surface area (Å²) in [5.41, 5.74) is 6.90. The van der Waals surface area contributed by atoms with Crippen LogP contribution in [0.1, 0.15) is 21.6 Å². The van der Waals surface area contributed by atoms with Crippen molar-refractivity contribution in [1.29, 1.82) is 0 Å². The van der Waals surface area contributed by atoms with Crippen LogP contribution in [0.5, 0.6) is 0 Å². The van der Waals surface area contributed by atoms with Crippen LogP contribution in [0.2, 0.25) is 10.0 Å². The molecule has 154 valence electrons. The highest BCUT2D eigenvalue weighted by atomic mass is 35.5. The molecule has 0 spiro atoms. The van der Waals surface area contributed by atoms with Gasteiger partial charge in [-0.25, -0.2) is 9.97 Å². The number of hydrogen-bond donors (Lipinski definition) is 2. The third-order valence-electron chi connectivity index (χ3n) is 3.89. The van der Waals surface area contributed by atoms with Gasteiger partial charge >= 0.3 is 0 Å². The molecule has 11 heteroatoms. The van der Waals surface area contributed by atoms with Crippen LogP contribution < -0.4 is 10.9 Å². The summed E-state index contributed by atoms with van der Waals surface area (Å²) in [5.74, 6) is 0.417. The number of aromatic nitrogens is 2. The van der Waals surface area contributed by atoms with E-state index < -0.39 is 10.8 Å². The molecule has 1 aromatic heterocycles. The molecule has 0 atom stereocenters. The van der Waals surface area contributed by atoms with Gasteiger partial charge in [-0.3, -0.25) is 25.8 Å². The van der Waals surface area contributed by atoms with Gasteiger partial charge in [0.25, 0.3) is 11.6 Å². The molecule has 0 aliphatic heterocycles. The van der Waals surface area contributed by atoms with E-state index in [-0.39, 0.29) is 11.3 Å². The fourth-order valence-electron chi connectivity index (χ4n) is 2.40. The smallest absolute Gasteiger partial charge is 0.269 e. The maximum atomic E-state index is 12.2. The first-order valence-corrected chi connectivity index (χ1v) is 10.3. The molecule has 0 fully saturated rings. The summed E-state index contributed by atoms with van der Waals surface area (Å²) in [6, 6.07) is 12.2. The molecule has 3 aromatic rings. The van der Waals surface area contributed by atoms with Crippen LogP contribution in [0.4, 0.5) is 11.5 Å². The number of nitrogens with one attached hydrogen (secondary N) is 2. The van der Waals surface area contributed by atoms with E-state index in [0.29, 0.717) is 32.5 Å². The summed E-state index contributed by atoms with van der Waals surface area (Å²) in [7, 11) is 0. The SMILES string of the molecule is Cc1cc(NNC(=O)c2ccc([N+](=O)[O-])cc2)nc(SCc2c(Cl)cccc2Cl)n1. The minimum atomic E-state index is -0.529. The summed E-state index contributed by atoms with van der Waals surface area (Å²) < 4.78 is 0. The van der Waals surface area contributed by atoms with E-state index >= 15 is 0 Å². The normalized spacial score (nSPS) is 10.5. The Kier molecular flexibility index (Phi) is 7.09. The predicted octanol–water partition coefficient (Wildman–Crippen LogP) is 5.05. The van der Waals surface area contributed by atoms with Crippen LogP contribution in [0, 0.1) is 17.0 Å². The first-order valence-electron chi connectivity index (χ1n) is 8.55. The quantitative estimate of drug-likeness (QED) is 0.218. The van der Waals surface area contributed by atoms with E-state index in [1.807, 2.05) is 0 Å². The Morgan fingerprint density at radius 3 is 2.43 bits per heavy atom. The van der Waals surface area contributed by atoms with Gasteiger partial charge in [-0.2, -0.15) is 0 Å². The average Bonchev–Trinajstić information content (AvgIpc) is 2.71. The molecule has 0 radical (unpaired) electrons. The zero-order valence-electron chi connectivity index (χ0n) is 15.6. The number of anilines is 1. The molecule has 8 nitrogen and oxygen atoms in total. The van der Waals surface area contributed by atoms with Crippen LogP contribution in [-0.2, 0) is 5.75 Å². The zero-order valence-corrected chi connectivity index (χ0v) is 17.9. The predicted molar refractivity (Wildman–Crippen MR) is 117 cm³/mol. The fourth-order valence-corrected chi connectivity index (χ4v) is 4.05. The first kappa shape index (κ1) is 21.8. The van der Waals surface area contributed by atoms with Crippen molar-refractivity contribution in [2.24, 2.45) is 0 Å². The minimum Gasteiger partial charge on any atom is -0.281 e. The van der Waals surface area contributed by atoms with Crippen LogP contribution >= 0.6 is 35.0 Å². The van der Waals surface area contributed by atoms with Gasteiger partial charge in [-0.15, -0.1) is 0 Å². The molecular formula is C19H15Cl2N5O3S. The number of nitrogens with zero attached hydrogens (tertiary/aromatic N) is 3. The Balaban J connectivity index is 1.65. The van der Waals surface area contributed by atoms with E-state index in [4.69, 9.17) is 23.2 Å². The number of thioether (sulfide) groups is 1. The average molecular weight is 464 g/mol. The summed E-state index contributed by atoms with van der Waals surface area (Å²) in [4.78, 5) is 31.1. The maximum Gasteiger partial charge on any atom is 0.269 e. The second-order valence-electron chi connectivity index (χ2n) is 6.05. The van der Waals surface area contributed by atoms with Gasteiger partial charge in [0.1, 0.15) is 5.82 Å². The number of halogens is 2. The number of nitro groups is 1. The molecule has 0 aliphatic carbocycles. The lowest BCUT2D eigenvalue weighted by Crippen LogP contribution is -2.29. The van der Waals surface area contributed by atoms with Crippen LogP contribution in [0.15, 0.2) is 53.7 Å². The summed E-state index contributed by atoms with van der Waals surface area (Å²) in [6.07, 6.45) is 0. The van der Waals surface area contributed by atoms with E-state index in [1.165, 1.54) is 36.0 Å². The van der Waals surface area contributed by atoms with Crippen molar-refractivity contribution in [3.05, 3.63) is 85.5 Å². The summed E-state index contributed by atoms with van der Waals surface area (Å²) in [6.45, 7) is 1.80. The van der Waals surface area contributed by atoms with Gasteiger partial charge < -0.3 is 0 Å². The lowest BCUT2D eigenvalue weighted by atomic mass is 10.2. The number of amides is 1. The van der Waals surface area contributed by atoms with Crippen LogP contribution in [-0.4, -0.2) is 20.8 Å². The summed E-state index contributed by atoms with van der Waals surface area (Å²) >= 11 is 13.7. The minimum absolute atomic E-state index is 0.0915. The Labute approximate surface area is 186 Å². The van der Waals surface area contributed by atoms with Gasteiger partial charge in [-0.1, -0.05) is 41.0 Å². The van der Waals surface area contributed by atoms with E-state index in [2.05, 4.69) is 20.8 Å². The Hall–Kier alpha value is -2.88. The number of non-ortho nitro benzene ring substituents is 1. The number of carbonyl (C=O) groups is 1. The Morgan fingerprint density at radius 1 is 1.13 bits per heavy atom. The highest BCUT2D eigenvalue weighted by molar-refractivity contribution is 7.98. The fraction of sp³-hybridized carbons (Fsp3) is 0.105. The van der Waals surface area contributed by atoms with Crippen molar-refractivity contribution in [2.75, 3.05) is 5.43 Å². The third kappa shape index (κ3) is 5.59. The molecule has 0 saturated heterocycles. The van der Waals surface area contributed by atoms with E-state index in [9.17, 15) is 14.9 Å². The zero-order chi connectivity index (χ0) is 21.7. The number of rotatable bonds is 7. The molecule has 2 aromatic carbocycles. The van der Waals surface area contributed by atoms with Crippen molar-refractivity contribution in [3.8, 4) is 0 Å². The highest BCUT2D eigenvalue weighted by Gasteiger charge is 2.11. The molecule has 30 heavy (non-hydrogen) atoms. The van der Waals surface area contributed by atoms with Crippen molar-refractivity contribution in [2.45, 2.75) is 17.8 Å². The number of nitro benzene ring substituents is 1. The Morgan fingerprint density at radius 2 is 1.80 bits per heavy atom. The first-order chi connectivity index (χ1) is 14.3. The van der Waals surface area contributed by atoms with Crippen molar-refractivity contribution >= 4 is 52.4 Å². The lowest BCUT2D eigenvalue weighted by molar-refractivity contribution is -0.384.